The number of carbonyl (C=O) groups excluding carboxylic acids is 3. The molecule has 6 rings (SSSR count). The zero-order valence-electron chi connectivity index (χ0n) is 47.3. The standard InChI is InChI=1S/C21H26O3.C15H20O4.C10H13I.C9H10O2.C9H12O/c1-13(2)19-10-17(7-6-14(19)3)11-20-15(4)8-18(9-16(20)5)24-12-21(22)23;1-10-6-12(7-11(2)13(10)8-16)18-9-14(17)19-15(3,4)5;1-7(2)10-6-9(11)5-4-8(10)3;1-6-3-8(11)4-7(2)9(6)5-10;1-7(2)8-5-3-4-6-9(8)10/h6-10,13H,11-12H2,1-5H3,(H,22,23);6-8H,9H2,1-5H3;4-7H,1-3H3;3-5,11H,1-2H3;3-7,10H,1-2H3. The highest BCUT2D eigenvalue weighted by Crippen LogP contribution is 2.28. The van der Waals surface area contributed by atoms with Gasteiger partial charge in [0.15, 0.2) is 25.8 Å². The van der Waals surface area contributed by atoms with Crippen LogP contribution in [0.4, 0.5) is 0 Å². The van der Waals surface area contributed by atoms with E-state index in [1.54, 1.807) is 65.0 Å². The number of halogens is 1. The normalized spacial score (nSPS) is 10.6. The number of aliphatic carboxylic acids is 1. The molecule has 0 saturated heterocycles. The smallest absolute Gasteiger partial charge is 0.344 e. The average Bonchev–Trinajstić information content (AvgIpc) is 3.30. The molecule has 0 aromatic heterocycles. The summed E-state index contributed by atoms with van der Waals surface area (Å²) in [5.74, 6) is 1.97. The monoisotopic (exact) mass is 1140 g/mol. The zero-order chi connectivity index (χ0) is 56.9. The van der Waals surface area contributed by atoms with Gasteiger partial charge in [-0.2, -0.15) is 0 Å². The number of phenolic OH excluding ortho intramolecular Hbond substituents is 2. The van der Waals surface area contributed by atoms with Crippen molar-refractivity contribution in [3.8, 4) is 23.0 Å². The summed E-state index contributed by atoms with van der Waals surface area (Å²) in [6.07, 6.45) is 2.50. The Morgan fingerprint density at radius 3 is 1.39 bits per heavy atom. The van der Waals surface area contributed by atoms with Gasteiger partial charge in [0, 0.05) is 14.7 Å². The van der Waals surface area contributed by atoms with Crippen molar-refractivity contribution in [2.75, 3.05) is 13.2 Å². The van der Waals surface area contributed by atoms with Crippen LogP contribution in [0.2, 0.25) is 0 Å². The minimum atomic E-state index is -0.963. The molecule has 0 unspecified atom stereocenters. The highest BCUT2D eigenvalue weighted by molar-refractivity contribution is 14.1. The van der Waals surface area contributed by atoms with E-state index in [2.05, 4.69) is 114 Å². The van der Waals surface area contributed by atoms with Crippen LogP contribution in [0.15, 0.2) is 97.1 Å². The first kappa shape index (κ1) is 64.6. The number of rotatable bonds is 13. The SMILES string of the molecule is CC(C)c1ccccc1O.Cc1cc(O)cc(C)c1C=O.Cc1cc(OCC(=O)OC(C)(C)C)cc(C)c1C=O.Cc1ccc(Cc2c(C)cc(OCC(=O)O)cc2C)cc1C(C)C.Cc1ccc(I)cc1C(C)C. The first-order valence-corrected chi connectivity index (χ1v) is 26.3. The molecule has 0 fully saturated rings. The van der Waals surface area contributed by atoms with E-state index in [-0.39, 0.29) is 19.0 Å². The number of hydrogen-bond donors (Lipinski definition) is 3. The number of benzene rings is 6. The van der Waals surface area contributed by atoms with Crippen molar-refractivity contribution >= 4 is 47.1 Å². The van der Waals surface area contributed by atoms with E-state index in [1.165, 1.54) is 37.0 Å². The second-order valence-corrected chi connectivity index (χ2v) is 21.9. The Hall–Kier alpha value is -6.47. The molecule has 75 heavy (non-hydrogen) atoms. The number of ether oxygens (including phenoxy) is 3. The Labute approximate surface area is 461 Å². The van der Waals surface area contributed by atoms with Crippen LogP contribution >= 0.6 is 22.6 Å². The number of para-hydroxylation sites is 1. The average molecular weight is 1140 g/mol. The van der Waals surface area contributed by atoms with Crippen molar-refractivity contribution in [2.45, 2.75) is 147 Å². The molecule has 0 radical (unpaired) electrons. The van der Waals surface area contributed by atoms with Crippen molar-refractivity contribution in [1.29, 1.82) is 0 Å². The quantitative estimate of drug-likeness (QED) is 0.0578. The molecule has 11 heteroatoms. The van der Waals surface area contributed by atoms with E-state index in [4.69, 9.17) is 24.4 Å². The van der Waals surface area contributed by atoms with E-state index in [0.717, 1.165) is 57.9 Å². The predicted molar refractivity (Wildman–Crippen MR) is 313 cm³/mol. The summed E-state index contributed by atoms with van der Waals surface area (Å²) >= 11 is 2.36. The Balaban J connectivity index is 0.000000336. The molecule has 0 spiro atoms. The molecule has 6 aromatic carbocycles. The van der Waals surface area contributed by atoms with Gasteiger partial charge in [0.05, 0.1) is 0 Å². The third-order valence-corrected chi connectivity index (χ3v) is 12.6. The second kappa shape index (κ2) is 30.8. The van der Waals surface area contributed by atoms with Crippen molar-refractivity contribution in [1.82, 2.24) is 0 Å². The summed E-state index contributed by atoms with van der Waals surface area (Å²) in [7, 11) is 0. The van der Waals surface area contributed by atoms with Crippen LogP contribution < -0.4 is 9.47 Å². The number of hydrogen-bond acceptors (Lipinski definition) is 9. The van der Waals surface area contributed by atoms with Gasteiger partial charge in [-0.1, -0.05) is 84.0 Å². The van der Waals surface area contributed by atoms with Crippen LogP contribution in [0.3, 0.4) is 0 Å². The lowest BCUT2D eigenvalue weighted by Crippen LogP contribution is -2.27. The fraction of sp³-hybridized carbons (Fsp3) is 0.375. The second-order valence-electron chi connectivity index (χ2n) is 20.7. The Bertz CT molecular complexity index is 2780. The Morgan fingerprint density at radius 1 is 0.547 bits per heavy atom. The molecule has 404 valence electrons. The molecular weight excluding hydrogens is 1060 g/mol. The van der Waals surface area contributed by atoms with Crippen molar-refractivity contribution in [3.63, 3.8) is 0 Å². The maximum absolute atomic E-state index is 11.5. The molecular formula is C64H81IO10. The molecule has 0 aliphatic heterocycles. The predicted octanol–water partition coefficient (Wildman–Crippen LogP) is 15.7. The maximum atomic E-state index is 11.5. The first-order chi connectivity index (χ1) is 35.0. The number of carbonyl (C=O) groups is 4. The number of aromatic hydroxyl groups is 2. The van der Waals surface area contributed by atoms with Gasteiger partial charge in [0.25, 0.3) is 0 Å². The van der Waals surface area contributed by atoms with Crippen LogP contribution in [0.25, 0.3) is 0 Å². The molecule has 0 aliphatic rings. The van der Waals surface area contributed by atoms with Gasteiger partial charge >= 0.3 is 11.9 Å². The van der Waals surface area contributed by atoms with Crippen LogP contribution in [0.1, 0.15) is 173 Å². The van der Waals surface area contributed by atoms with Crippen molar-refractivity contribution in [2.24, 2.45) is 0 Å². The molecule has 0 saturated carbocycles. The summed E-state index contributed by atoms with van der Waals surface area (Å²) < 4.78 is 17.2. The number of carboxylic acid groups (broad SMARTS) is 1. The highest BCUT2D eigenvalue weighted by Gasteiger charge is 2.17. The van der Waals surface area contributed by atoms with E-state index < -0.39 is 17.5 Å². The van der Waals surface area contributed by atoms with E-state index >= 15 is 0 Å². The van der Waals surface area contributed by atoms with Gasteiger partial charge in [-0.15, -0.1) is 0 Å². The third kappa shape index (κ3) is 22.5. The number of phenols is 2. The summed E-state index contributed by atoms with van der Waals surface area (Å²) in [5, 5.41) is 27.1. The third-order valence-electron chi connectivity index (χ3n) is 12.0. The summed E-state index contributed by atoms with van der Waals surface area (Å²) in [5.41, 5.74) is 15.5. The maximum Gasteiger partial charge on any atom is 0.344 e. The van der Waals surface area contributed by atoms with E-state index in [0.29, 0.717) is 46.1 Å². The molecule has 3 N–H and O–H groups in total. The van der Waals surface area contributed by atoms with E-state index in [9.17, 15) is 24.3 Å². The minimum Gasteiger partial charge on any atom is -0.508 e. The fourth-order valence-corrected chi connectivity index (χ4v) is 8.67. The summed E-state index contributed by atoms with van der Waals surface area (Å²) in [4.78, 5) is 43.5. The summed E-state index contributed by atoms with van der Waals surface area (Å²) in [6.45, 7) is 33.7. The lowest BCUT2D eigenvalue weighted by atomic mass is 9.91. The van der Waals surface area contributed by atoms with Crippen LogP contribution in [0.5, 0.6) is 23.0 Å². The fourth-order valence-electron chi connectivity index (χ4n) is 8.15. The van der Waals surface area contributed by atoms with Crippen LogP contribution in [0, 0.1) is 59.0 Å². The van der Waals surface area contributed by atoms with Crippen LogP contribution in [-0.4, -0.2) is 58.6 Å². The number of aldehydes is 2. The van der Waals surface area contributed by atoms with Crippen LogP contribution in [-0.2, 0) is 20.7 Å². The molecule has 0 atom stereocenters. The molecule has 10 nitrogen and oxygen atoms in total. The van der Waals surface area contributed by atoms with Gasteiger partial charge in [0.1, 0.15) is 28.6 Å². The molecule has 0 aliphatic carbocycles. The Morgan fingerprint density at radius 2 is 0.973 bits per heavy atom. The summed E-state index contributed by atoms with van der Waals surface area (Å²) in [6, 6.07) is 31.2. The topological polar surface area (TPSA) is 157 Å². The van der Waals surface area contributed by atoms with Crippen molar-refractivity contribution < 1.29 is 48.7 Å². The molecule has 0 heterocycles. The number of aryl methyl sites for hydroxylation is 8. The van der Waals surface area contributed by atoms with Gasteiger partial charge in [-0.3, -0.25) is 9.59 Å². The Kier molecular flexibility index (Phi) is 26.5. The number of carboxylic acids is 1. The lowest BCUT2D eigenvalue weighted by molar-refractivity contribution is -0.157. The van der Waals surface area contributed by atoms with Gasteiger partial charge < -0.3 is 29.5 Å². The lowest BCUT2D eigenvalue weighted by Gasteiger charge is -2.19. The molecule has 6 aromatic rings. The highest BCUT2D eigenvalue weighted by atomic mass is 127. The van der Waals surface area contributed by atoms with Gasteiger partial charge in [0.2, 0.25) is 0 Å². The largest absolute Gasteiger partial charge is 0.508 e. The zero-order valence-corrected chi connectivity index (χ0v) is 49.5. The molecule has 0 bridgehead atoms. The number of esters is 1. The van der Waals surface area contributed by atoms with Crippen molar-refractivity contribution in [3.05, 3.63) is 184 Å². The first-order valence-electron chi connectivity index (χ1n) is 25.2. The van der Waals surface area contributed by atoms with Gasteiger partial charge in [-0.25, -0.2) is 9.59 Å². The molecule has 0 amide bonds. The van der Waals surface area contributed by atoms with Gasteiger partial charge in [-0.05, 0) is 250 Å². The van der Waals surface area contributed by atoms with E-state index in [1.807, 2.05) is 58.0 Å². The minimum absolute atomic E-state index is 0.142.